The quantitative estimate of drug-likeness (QED) is 0.400. The van der Waals surface area contributed by atoms with Gasteiger partial charge in [-0.15, -0.1) is 0 Å². The van der Waals surface area contributed by atoms with E-state index < -0.39 is 11.6 Å². The molecule has 0 amide bonds. The fraction of sp³-hybridized carbons (Fsp3) is 0.300. The summed E-state index contributed by atoms with van der Waals surface area (Å²) in [6, 6.07) is 2.38. The van der Waals surface area contributed by atoms with Crippen molar-refractivity contribution in [1.29, 1.82) is 0 Å². The molecule has 0 aliphatic heterocycles. The van der Waals surface area contributed by atoms with E-state index in [4.69, 9.17) is 10.5 Å². The van der Waals surface area contributed by atoms with Crippen LogP contribution in [0.25, 0.3) is 0 Å². The Balaban J connectivity index is 2.96. The Kier molecular flexibility index (Phi) is 4.82. The average molecular weight is 293 g/mol. The number of nitrogens with two attached hydrogens (primary N) is 1. The van der Waals surface area contributed by atoms with Crippen LogP contribution in [0.1, 0.15) is 5.56 Å². The van der Waals surface area contributed by atoms with Gasteiger partial charge in [0, 0.05) is 12.7 Å². The van der Waals surface area contributed by atoms with Gasteiger partial charge in [-0.2, -0.15) is 0 Å². The van der Waals surface area contributed by atoms with Crippen LogP contribution in [0.4, 0.5) is 8.78 Å². The molecular formula is C10H11BrF2N2O. The summed E-state index contributed by atoms with van der Waals surface area (Å²) in [4.78, 5) is 3.97. The van der Waals surface area contributed by atoms with Crippen molar-refractivity contribution in [2.24, 2.45) is 10.7 Å². The van der Waals surface area contributed by atoms with Crippen molar-refractivity contribution >= 4 is 21.8 Å². The molecule has 0 atom stereocenters. The lowest BCUT2D eigenvalue weighted by Gasteiger charge is -2.05. The van der Waals surface area contributed by atoms with Crippen LogP contribution in [0.15, 0.2) is 21.6 Å². The van der Waals surface area contributed by atoms with E-state index in [1.54, 1.807) is 7.11 Å². The van der Waals surface area contributed by atoms with Crippen molar-refractivity contribution in [3.63, 3.8) is 0 Å². The minimum atomic E-state index is -0.970. The van der Waals surface area contributed by atoms with Gasteiger partial charge >= 0.3 is 0 Å². The van der Waals surface area contributed by atoms with E-state index in [9.17, 15) is 8.78 Å². The van der Waals surface area contributed by atoms with E-state index in [1.165, 1.54) is 6.07 Å². The van der Waals surface area contributed by atoms with Crippen molar-refractivity contribution in [2.45, 2.75) is 0 Å². The summed E-state index contributed by atoms with van der Waals surface area (Å²) in [7, 11) is 1.54. The molecule has 2 N–H and O–H groups in total. The smallest absolute Gasteiger partial charge is 0.173 e. The van der Waals surface area contributed by atoms with Crippen molar-refractivity contribution in [3.05, 3.63) is 33.8 Å². The normalized spacial score (nSPS) is 11.9. The summed E-state index contributed by atoms with van der Waals surface area (Å²) in [5, 5.41) is 0. The minimum Gasteiger partial charge on any atom is -0.383 e. The van der Waals surface area contributed by atoms with Crippen LogP contribution >= 0.6 is 15.9 Å². The lowest BCUT2D eigenvalue weighted by atomic mass is 10.2. The van der Waals surface area contributed by atoms with Gasteiger partial charge in [0.25, 0.3) is 0 Å². The fourth-order valence-corrected chi connectivity index (χ4v) is 1.59. The van der Waals surface area contributed by atoms with Gasteiger partial charge in [-0.25, -0.2) is 8.78 Å². The summed E-state index contributed by atoms with van der Waals surface area (Å²) in [6.07, 6.45) is 0. The second-order valence-electron chi connectivity index (χ2n) is 2.98. The number of aliphatic imine (C=N–C) groups is 1. The van der Waals surface area contributed by atoms with Crippen LogP contribution in [0.2, 0.25) is 0 Å². The molecule has 16 heavy (non-hydrogen) atoms. The number of methoxy groups -OCH3 is 1. The van der Waals surface area contributed by atoms with Gasteiger partial charge in [-0.3, -0.25) is 4.99 Å². The van der Waals surface area contributed by atoms with E-state index in [0.29, 0.717) is 18.7 Å². The third-order valence-corrected chi connectivity index (χ3v) is 2.66. The standard InChI is InChI=1S/C10H11BrF2N2O/c1-16-5-4-15-10(14)6-2-3-7(12)9(13)8(6)11/h2-3H,4-5H2,1H3,(H2,14,15). The highest BCUT2D eigenvalue weighted by atomic mass is 79.9. The average Bonchev–Trinajstić information content (AvgIpc) is 2.26. The predicted octanol–water partition coefficient (Wildman–Crippen LogP) is 2.08. The molecule has 0 spiro atoms. The third kappa shape index (κ3) is 2.99. The second-order valence-corrected chi connectivity index (χ2v) is 3.78. The van der Waals surface area contributed by atoms with E-state index in [2.05, 4.69) is 20.9 Å². The van der Waals surface area contributed by atoms with Gasteiger partial charge in [-0.05, 0) is 28.1 Å². The van der Waals surface area contributed by atoms with Crippen LogP contribution < -0.4 is 5.73 Å². The SMILES string of the molecule is COCCN=C(N)c1ccc(F)c(F)c1Br. The fourth-order valence-electron chi connectivity index (χ4n) is 1.07. The van der Waals surface area contributed by atoms with Crippen molar-refractivity contribution < 1.29 is 13.5 Å². The van der Waals surface area contributed by atoms with Crippen LogP contribution in [0.5, 0.6) is 0 Å². The summed E-state index contributed by atoms with van der Waals surface area (Å²) in [6.45, 7) is 0.787. The van der Waals surface area contributed by atoms with Gasteiger partial charge < -0.3 is 10.5 Å². The second kappa shape index (κ2) is 5.91. The molecular weight excluding hydrogens is 282 g/mol. The number of ether oxygens (including phenoxy) is 1. The molecule has 0 radical (unpaired) electrons. The summed E-state index contributed by atoms with van der Waals surface area (Å²) < 4.78 is 30.8. The molecule has 1 rings (SSSR count). The largest absolute Gasteiger partial charge is 0.383 e. The van der Waals surface area contributed by atoms with Gasteiger partial charge in [0.2, 0.25) is 0 Å². The van der Waals surface area contributed by atoms with Gasteiger partial charge in [0.1, 0.15) is 5.84 Å². The maximum Gasteiger partial charge on any atom is 0.173 e. The molecule has 0 aliphatic carbocycles. The number of rotatable bonds is 4. The highest BCUT2D eigenvalue weighted by Gasteiger charge is 2.13. The highest BCUT2D eigenvalue weighted by molar-refractivity contribution is 9.10. The zero-order valence-corrected chi connectivity index (χ0v) is 10.2. The van der Waals surface area contributed by atoms with Crippen LogP contribution in [-0.4, -0.2) is 26.1 Å². The number of hydrogen-bond acceptors (Lipinski definition) is 2. The first-order chi connectivity index (χ1) is 7.57. The summed E-state index contributed by atoms with van der Waals surface area (Å²) in [5.41, 5.74) is 5.96. The Hall–Kier alpha value is -1.01. The van der Waals surface area contributed by atoms with Crippen LogP contribution in [-0.2, 0) is 4.74 Å². The Bertz CT molecular complexity index is 410. The predicted molar refractivity (Wildman–Crippen MR) is 61.5 cm³/mol. The molecule has 0 fully saturated rings. The molecule has 0 aliphatic rings. The Morgan fingerprint density at radius 3 is 2.81 bits per heavy atom. The van der Waals surface area contributed by atoms with Crippen LogP contribution in [0, 0.1) is 11.6 Å². The molecule has 88 valence electrons. The van der Waals surface area contributed by atoms with Gasteiger partial charge in [0.05, 0.1) is 17.6 Å². The lowest BCUT2D eigenvalue weighted by Crippen LogP contribution is -2.16. The molecule has 0 saturated heterocycles. The maximum absolute atomic E-state index is 13.2. The Labute approximate surface area is 100 Å². The number of benzene rings is 1. The monoisotopic (exact) mass is 292 g/mol. The highest BCUT2D eigenvalue weighted by Crippen LogP contribution is 2.22. The lowest BCUT2D eigenvalue weighted by molar-refractivity contribution is 0.208. The molecule has 0 bridgehead atoms. The molecule has 0 aromatic heterocycles. The molecule has 0 saturated carbocycles. The zero-order valence-electron chi connectivity index (χ0n) is 8.64. The molecule has 0 unspecified atom stereocenters. The Morgan fingerprint density at radius 2 is 2.19 bits per heavy atom. The molecule has 6 heteroatoms. The minimum absolute atomic E-state index is 0.0221. The summed E-state index contributed by atoms with van der Waals surface area (Å²) in [5.74, 6) is -1.76. The van der Waals surface area contributed by atoms with E-state index in [-0.39, 0.29) is 10.3 Å². The molecule has 1 aromatic carbocycles. The van der Waals surface area contributed by atoms with E-state index in [0.717, 1.165) is 6.07 Å². The maximum atomic E-state index is 13.2. The van der Waals surface area contributed by atoms with Gasteiger partial charge in [-0.1, -0.05) is 0 Å². The first kappa shape index (κ1) is 13.1. The first-order valence-corrected chi connectivity index (χ1v) is 5.30. The van der Waals surface area contributed by atoms with Crippen molar-refractivity contribution in [2.75, 3.05) is 20.3 Å². The van der Waals surface area contributed by atoms with Crippen LogP contribution in [0.3, 0.4) is 0 Å². The number of amidine groups is 1. The molecule has 1 aromatic rings. The number of halogens is 3. The first-order valence-electron chi connectivity index (χ1n) is 4.50. The Morgan fingerprint density at radius 1 is 1.50 bits per heavy atom. The third-order valence-electron chi connectivity index (χ3n) is 1.89. The van der Waals surface area contributed by atoms with Crippen molar-refractivity contribution in [1.82, 2.24) is 0 Å². The zero-order chi connectivity index (χ0) is 12.1. The molecule has 3 nitrogen and oxygen atoms in total. The summed E-state index contributed by atoms with van der Waals surface area (Å²) >= 11 is 2.93. The molecule has 0 heterocycles. The van der Waals surface area contributed by atoms with E-state index >= 15 is 0 Å². The number of nitrogens with zero attached hydrogens (tertiary/aromatic N) is 1. The van der Waals surface area contributed by atoms with Gasteiger partial charge in [0.15, 0.2) is 11.6 Å². The topological polar surface area (TPSA) is 47.6 Å². The number of hydrogen-bond donors (Lipinski definition) is 1. The van der Waals surface area contributed by atoms with E-state index in [1.807, 2.05) is 0 Å². The van der Waals surface area contributed by atoms with Crippen molar-refractivity contribution in [3.8, 4) is 0 Å².